The van der Waals surface area contributed by atoms with Gasteiger partial charge < -0.3 is 4.74 Å². The van der Waals surface area contributed by atoms with Crippen LogP contribution in [0.4, 0.5) is 13.2 Å². The minimum Gasteiger partial charge on any atom is -0.451 e. The first-order valence-corrected chi connectivity index (χ1v) is 11.3. The Hall–Kier alpha value is -2.92. The number of carbonyl (C=O) groups is 1. The molecule has 0 saturated carbocycles. The summed E-state index contributed by atoms with van der Waals surface area (Å²) < 4.78 is 74.0. The zero-order valence-corrected chi connectivity index (χ0v) is 18.4. The van der Waals surface area contributed by atoms with Crippen LogP contribution in [0.2, 0.25) is 0 Å². The van der Waals surface area contributed by atoms with Gasteiger partial charge >= 0.3 is 12.5 Å². The van der Waals surface area contributed by atoms with Gasteiger partial charge in [-0.1, -0.05) is 26.0 Å². The number of nitrogens with zero attached hydrogens (tertiary/aromatic N) is 3. The average molecular weight is 469 g/mol. The van der Waals surface area contributed by atoms with Gasteiger partial charge in [-0.15, -0.1) is 0 Å². The van der Waals surface area contributed by atoms with Crippen molar-refractivity contribution in [3.63, 3.8) is 0 Å². The second-order valence-corrected chi connectivity index (χ2v) is 8.79. The molecule has 3 aromatic rings. The van der Waals surface area contributed by atoms with Crippen molar-refractivity contribution in [1.82, 2.24) is 13.9 Å². The number of fused-ring (bicyclic) bond motifs is 1. The number of halogens is 3. The number of rotatable bonds is 8. The van der Waals surface area contributed by atoms with Crippen LogP contribution in [0, 0.1) is 5.82 Å². The highest BCUT2D eigenvalue weighted by Crippen LogP contribution is 2.29. The largest absolute Gasteiger partial charge is 0.451 e. The molecule has 172 valence electrons. The number of hydrogen-bond acceptors (Lipinski definition) is 5. The van der Waals surface area contributed by atoms with Gasteiger partial charge in [0, 0.05) is 13.1 Å². The molecule has 1 atom stereocenters. The van der Waals surface area contributed by atoms with Crippen molar-refractivity contribution in [2.75, 3.05) is 13.1 Å². The molecule has 0 aliphatic rings. The molecule has 0 bridgehead atoms. The molecule has 0 spiro atoms. The number of sulfonamides is 1. The molecule has 32 heavy (non-hydrogen) atoms. The lowest BCUT2D eigenvalue weighted by molar-refractivity contribution is 0.0233. The summed E-state index contributed by atoms with van der Waals surface area (Å²) in [4.78, 5) is 16.1. The van der Waals surface area contributed by atoms with Crippen molar-refractivity contribution >= 4 is 27.0 Å². The highest BCUT2D eigenvalue weighted by Gasteiger charge is 2.28. The van der Waals surface area contributed by atoms with Gasteiger partial charge in [-0.3, -0.25) is 4.57 Å². The quantitative estimate of drug-likeness (QED) is 0.453. The minimum absolute atomic E-state index is 0.119. The van der Waals surface area contributed by atoms with Crippen LogP contribution in [0.3, 0.4) is 0 Å². The molecule has 1 aromatic heterocycles. The van der Waals surface area contributed by atoms with E-state index in [1.165, 1.54) is 13.0 Å². The summed E-state index contributed by atoms with van der Waals surface area (Å²) in [5.74, 6) is -2.19. The predicted octanol–water partition coefficient (Wildman–Crippen LogP) is 4.52. The molecule has 11 heteroatoms. The maximum absolute atomic E-state index is 14.3. The fourth-order valence-corrected chi connectivity index (χ4v) is 4.92. The zero-order chi connectivity index (χ0) is 23.6. The van der Waals surface area contributed by atoms with Crippen LogP contribution in [-0.2, 0) is 14.8 Å². The van der Waals surface area contributed by atoms with Crippen LogP contribution in [-0.4, -0.2) is 41.3 Å². The third kappa shape index (κ3) is 4.35. The summed E-state index contributed by atoms with van der Waals surface area (Å²) in [5, 5.41) is 0. The normalized spacial score (nSPS) is 13.1. The van der Waals surface area contributed by atoms with Gasteiger partial charge in [0.2, 0.25) is 10.0 Å². The van der Waals surface area contributed by atoms with Crippen molar-refractivity contribution in [2.45, 2.75) is 38.3 Å². The summed E-state index contributed by atoms with van der Waals surface area (Å²) in [6, 6.07) is 9.05. The van der Waals surface area contributed by atoms with Crippen LogP contribution in [0.15, 0.2) is 47.4 Å². The predicted molar refractivity (Wildman–Crippen MR) is 111 cm³/mol. The number of ether oxygens (including phenoxy) is 1. The van der Waals surface area contributed by atoms with E-state index in [0.29, 0.717) is 10.1 Å². The zero-order valence-electron chi connectivity index (χ0n) is 17.6. The fourth-order valence-electron chi connectivity index (χ4n) is 3.37. The Balaban J connectivity index is 1.93. The number of para-hydroxylation sites is 2. The maximum atomic E-state index is 14.3. The number of imidazole rings is 1. The van der Waals surface area contributed by atoms with Crippen molar-refractivity contribution in [1.29, 1.82) is 0 Å². The minimum atomic E-state index is -4.17. The fraction of sp³-hybridized carbons (Fsp3) is 0.333. The van der Waals surface area contributed by atoms with Gasteiger partial charge in [-0.25, -0.2) is 22.6 Å². The lowest BCUT2D eigenvalue weighted by Gasteiger charge is -2.19. The molecule has 1 unspecified atom stereocenters. The molecular formula is C21H22F3N3O4S. The van der Waals surface area contributed by atoms with Crippen LogP contribution < -0.4 is 0 Å². The van der Waals surface area contributed by atoms with E-state index in [-0.39, 0.29) is 30.0 Å². The number of aromatic nitrogens is 2. The highest BCUT2D eigenvalue weighted by atomic mass is 32.2. The van der Waals surface area contributed by atoms with Crippen molar-refractivity contribution in [2.24, 2.45) is 0 Å². The third-order valence-corrected chi connectivity index (χ3v) is 7.02. The van der Waals surface area contributed by atoms with Crippen molar-refractivity contribution in [3.8, 4) is 0 Å². The van der Waals surface area contributed by atoms with E-state index in [4.69, 9.17) is 4.74 Å². The molecule has 3 rings (SSSR count). The number of alkyl halides is 2. The van der Waals surface area contributed by atoms with E-state index < -0.39 is 39.4 Å². The van der Waals surface area contributed by atoms with Crippen molar-refractivity contribution in [3.05, 3.63) is 59.7 Å². The number of hydrogen-bond donors (Lipinski definition) is 0. The second kappa shape index (κ2) is 9.29. The smallest absolute Gasteiger partial charge is 0.338 e. The molecule has 0 fully saturated rings. The van der Waals surface area contributed by atoms with E-state index in [9.17, 15) is 26.4 Å². The summed E-state index contributed by atoms with van der Waals surface area (Å²) in [6.07, 6.45) is -1.18. The Morgan fingerprint density at radius 1 is 1.16 bits per heavy atom. The van der Waals surface area contributed by atoms with Crippen LogP contribution in [0.5, 0.6) is 0 Å². The highest BCUT2D eigenvalue weighted by molar-refractivity contribution is 7.89. The Bertz CT molecular complexity index is 1240. The van der Waals surface area contributed by atoms with Gasteiger partial charge in [-0.05, 0) is 37.3 Å². The average Bonchev–Trinajstić information content (AvgIpc) is 3.14. The molecule has 0 radical (unpaired) electrons. The second-order valence-electron chi connectivity index (χ2n) is 6.89. The molecule has 2 aromatic carbocycles. The van der Waals surface area contributed by atoms with Crippen LogP contribution in [0.25, 0.3) is 11.0 Å². The first kappa shape index (κ1) is 23.7. The Labute approximate surface area is 183 Å². The molecule has 0 aliphatic heterocycles. The standard InChI is InChI=1S/C21H22F3N3O4S/c1-4-26(5-2)32(29,30)18-12-14(10-11-15(18)22)20(28)31-13(3)19-25-16-8-6-7-9-17(16)27(19)21(23)24/h6-13,21H,4-5H2,1-3H3. The van der Waals surface area contributed by atoms with Crippen LogP contribution in [0.1, 0.15) is 49.6 Å². The molecule has 1 heterocycles. The maximum Gasteiger partial charge on any atom is 0.338 e. The molecule has 7 nitrogen and oxygen atoms in total. The monoisotopic (exact) mass is 469 g/mol. The summed E-state index contributed by atoms with van der Waals surface area (Å²) in [7, 11) is -4.17. The summed E-state index contributed by atoms with van der Waals surface area (Å²) in [6.45, 7) is 1.90. The summed E-state index contributed by atoms with van der Waals surface area (Å²) >= 11 is 0. The lowest BCUT2D eigenvalue weighted by Crippen LogP contribution is -2.31. The van der Waals surface area contributed by atoms with E-state index >= 15 is 0 Å². The SMILES string of the molecule is CCN(CC)S(=O)(=O)c1cc(C(=O)OC(C)c2nc3ccccc3n2C(F)F)ccc1F. The van der Waals surface area contributed by atoms with E-state index in [1.54, 1.807) is 32.0 Å². The van der Waals surface area contributed by atoms with Gasteiger partial charge in [0.1, 0.15) is 10.7 Å². The molecular weight excluding hydrogens is 447 g/mol. The van der Waals surface area contributed by atoms with Crippen LogP contribution >= 0.6 is 0 Å². The number of benzene rings is 2. The number of carbonyl (C=O) groups excluding carboxylic acids is 1. The first-order chi connectivity index (χ1) is 15.1. The topological polar surface area (TPSA) is 81.5 Å². The molecule has 0 aliphatic carbocycles. The van der Waals surface area contributed by atoms with E-state index in [0.717, 1.165) is 22.5 Å². The third-order valence-electron chi connectivity index (χ3n) is 4.96. The first-order valence-electron chi connectivity index (χ1n) is 9.87. The van der Waals surface area contributed by atoms with Crippen molar-refractivity contribution < 1.29 is 31.1 Å². The lowest BCUT2D eigenvalue weighted by atomic mass is 10.2. The van der Waals surface area contributed by atoms with E-state index in [2.05, 4.69) is 4.98 Å². The Kier molecular flexibility index (Phi) is 6.89. The van der Waals surface area contributed by atoms with Gasteiger partial charge in [0.25, 0.3) is 0 Å². The van der Waals surface area contributed by atoms with Gasteiger partial charge in [-0.2, -0.15) is 13.1 Å². The molecule has 0 saturated heterocycles. The molecule has 0 amide bonds. The van der Waals surface area contributed by atoms with Gasteiger partial charge in [0.05, 0.1) is 16.6 Å². The Morgan fingerprint density at radius 2 is 1.81 bits per heavy atom. The molecule has 0 N–H and O–H groups in total. The Morgan fingerprint density at radius 3 is 2.44 bits per heavy atom. The summed E-state index contributed by atoms with van der Waals surface area (Å²) in [5.41, 5.74) is 0.249. The van der Waals surface area contributed by atoms with Gasteiger partial charge in [0.15, 0.2) is 11.9 Å². The van der Waals surface area contributed by atoms with E-state index in [1.807, 2.05) is 0 Å². The number of esters is 1.